The number of ether oxygens (including phenoxy) is 1. The fourth-order valence-electron chi connectivity index (χ4n) is 5.50. The number of esters is 1. The Kier molecular flexibility index (Phi) is 5.77. The Bertz CT molecular complexity index is 1080. The monoisotopic (exact) mass is 447 g/mol. The average molecular weight is 448 g/mol. The Morgan fingerprint density at radius 2 is 1.82 bits per heavy atom. The Morgan fingerprint density at radius 3 is 2.48 bits per heavy atom. The van der Waals surface area contributed by atoms with Crippen molar-refractivity contribution in [2.24, 2.45) is 5.41 Å². The first-order valence-electron chi connectivity index (χ1n) is 11.6. The molecule has 172 valence electrons. The number of hydrogen-bond acceptors (Lipinski definition) is 8. The zero-order valence-electron chi connectivity index (χ0n) is 19.0. The fraction of sp³-hybridized carbons (Fsp3) is 0.520. The summed E-state index contributed by atoms with van der Waals surface area (Å²) in [5.41, 5.74) is 4.23. The molecule has 1 N–H and O–H groups in total. The smallest absolute Gasteiger partial charge is 0.338 e. The van der Waals surface area contributed by atoms with Crippen LogP contribution in [-0.2, 0) is 11.3 Å². The number of aromatic nitrogens is 2. The van der Waals surface area contributed by atoms with Crippen LogP contribution in [0.1, 0.15) is 64.4 Å². The molecule has 0 unspecified atom stereocenters. The van der Waals surface area contributed by atoms with E-state index in [1.54, 1.807) is 18.5 Å². The number of fused-ring (bicyclic) bond motifs is 1. The third kappa shape index (κ3) is 4.19. The second-order valence-corrected chi connectivity index (χ2v) is 9.57. The summed E-state index contributed by atoms with van der Waals surface area (Å²) >= 11 is 0. The zero-order chi connectivity index (χ0) is 23.0. The highest BCUT2D eigenvalue weighted by Crippen LogP contribution is 2.42. The third-order valence-electron chi connectivity index (χ3n) is 7.79. The summed E-state index contributed by atoms with van der Waals surface area (Å²) in [4.78, 5) is 25.0. The van der Waals surface area contributed by atoms with Crippen molar-refractivity contribution >= 4 is 11.9 Å². The van der Waals surface area contributed by atoms with E-state index in [0.29, 0.717) is 35.6 Å². The van der Waals surface area contributed by atoms with Crippen molar-refractivity contribution in [1.29, 1.82) is 5.26 Å². The summed E-state index contributed by atoms with van der Waals surface area (Å²) in [6.07, 6.45) is 7.10. The largest absolute Gasteiger partial charge is 0.457 e. The van der Waals surface area contributed by atoms with Gasteiger partial charge in [-0.15, -0.1) is 0 Å². The summed E-state index contributed by atoms with van der Waals surface area (Å²) < 4.78 is 5.14. The van der Waals surface area contributed by atoms with Crippen LogP contribution < -0.4 is 4.90 Å². The molecule has 3 aliphatic rings. The minimum absolute atomic E-state index is 0.271. The summed E-state index contributed by atoms with van der Waals surface area (Å²) in [6.45, 7) is 6.71. The Balaban J connectivity index is 1.15. The molecular formula is C25H29N5O3. The molecule has 3 aliphatic heterocycles. The number of hydrogen-bond donors (Lipinski definition) is 1. The van der Waals surface area contributed by atoms with Crippen LogP contribution in [0.2, 0.25) is 0 Å². The molecule has 0 bridgehead atoms. The zero-order valence-corrected chi connectivity index (χ0v) is 19.0. The van der Waals surface area contributed by atoms with Crippen LogP contribution in [0.5, 0.6) is 0 Å². The maximum Gasteiger partial charge on any atom is 0.338 e. The molecular weight excluding hydrogens is 418 g/mol. The highest BCUT2D eigenvalue weighted by atomic mass is 16.5. The average Bonchev–Trinajstić information content (AvgIpc) is 3.23. The van der Waals surface area contributed by atoms with Gasteiger partial charge >= 0.3 is 5.97 Å². The van der Waals surface area contributed by atoms with Gasteiger partial charge < -0.3 is 19.6 Å². The lowest BCUT2D eigenvalue weighted by Gasteiger charge is -2.47. The lowest BCUT2D eigenvalue weighted by atomic mass is 9.71. The van der Waals surface area contributed by atoms with Gasteiger partial charge in [-0.3, -0.25) is 0 Å². The van der Waals surface area contributed by atoms with E-state index >= 15 is 0 Å². The Morgan fingerprint density at radius 1 is 1.15 bits per heavy atom. The van der Waals surface area contributed by atoms with E-state index in [1.165, 1.54) is 0 Å². The van der Waals surface area contributed by atoms with Crippen molar-refractivity contribution in [1.82, 2.24) is 14.9 Å². The number of rotatable bonds is 4. The van der Waals surface area contributed by atoms with E-state index in [0.717, 1.165) is 68.6 Å². The van der Waals surface area contributed by atoms with Gasteiger partial charge in [-0.25, -0.2) is 14.8 Å². The van der Waals surface area contributed by atoms with Gasteiger partial charge in [-0.2, -0.15) is 5.26 Å². The van der Waals surface area contributed by atoms with Crippen molar-refractivity contribution in [3.05, 3.63) is 52.3 Å². The molecule has 0 aliphatic carbocycles. The van der Waals surface area contributed by atoms with Gasteiger partial charge in [0.1, 0.15) is 12.7 Å². The number of nitriles is 1. The normalized spacial score (nSPS) is 20.9. The number of carbonyl (C=O) groups is 1. The summed E-state index contributed by atoms with van der Waals surface area (Å²) in [5, 5.41) is 19.9. The van der Waals surface area contributed by atoms with Crippen LogP contribution in [-0.4, -0.2) is 58.7 Å². The lowest BCUT2D eigenvalue weighted by Crippen LogP contribution is -2.47. The molecule has 2 saturated heterocycles. The maximum atomic E-state index is 11.8. The van der Waals surface area contributed by atoms with Crippen molar-refractivity contribution < 1.29 is 14.6 Å². The molecule has 8 nitrogen and oxygen atoms in total. The predicted octanol–water partition coefficient (Wildman–Crippen LogP) is 2.74. The highest BCUT2D eigenvalue weighted by molar-refractivity contribution is 5.93. The topological polar surface area (TPSA) is 103 Å². The molecule has 4 heterocycles. The van der Waals surface area contributed by atoms with Crippen LogP contribution >= 0.6 is 0 Å². The van der Waals surface area contributed by atoms with Gasteiger partial charge in [0.25, 0.3) is 0 Å². The van der Waals surface area contributed by atoms with Gasteiger partial charge in [0.2, 0.25) is 5.95 Å². The van der Waals surface area contributed by atoms with E-state index in [4.69, 9.17) is 10.00 Å². The van der Waals surface area contributed by atoms with Crippen LogP contribution in [0.4, 0.5) is 5.95 Å². The molecule has 1 atom stereocenters. The van der Waals surface area contributed by atoms with Crippen molar-refractivity contribution in [2.75, 3.05) is 37.6 Å². The van der Waals surface area contributed by atoms with Gasteiger partial charge in [0, 0.05) is 25.2 Å². The molecule has 0 saturated carbocycles. The van der Waals surface area contributed by atoms with Crippen LogP contribution in [0, 0.1) is 23.7 Å². The van der Waals surface area contributed by atoms with Crippen molar-refractivity contribution in [2.45, 2.75) is 45.3 Å². The van der Waals surface area contributed by atoms with E-state index < -0.39 is 6.10 Å². The number of piperidine rings is 2. The number of likely N-dealkylation sites (tertiary alicyclic amines) is 1. The number of β-amino-alcohol motifs (C(OH)–C–C–N with tert-alkyl or cyclic N) is 1. The molecule has 2 aromatic rings. The number of cyclic esters (lactones) is 1. The third-order valence-corrected chi connectivity index (χ3v) is 7.79. The number of carbonyl (C=O) groups excluding carboxylic acids is 1. The second kappa shape index (κ2) is 8.73. The first kappa shape index (κ1) is 21.8. The molecule has 8 heteroatoms. The molecule has 1 aromatic heterocycles. The Labute approximate surface area is 193 Å². The SMILES string of the molecule is Cc1c([C@@H](O)CN2CCC3(CC2)CCN(c2ncc(C#N)cn2)CC3)ccc2c1COC2=O. The van der Waals surface area contributed by atoms with Gasteiger partial charge in [0.05, 0.1) is 29.6 Å². The molecule has 33 heavy (non-hydrogen) atoms. The first-order chi connectivity index (χ1) is 16.0. The predicted molar refractivity (Wildman–Crippen MR) is 122 cm³/mol. The van der Waals surface area contributed by atoms with E-state index in [9.17, 15) is 9.90 Å². The quantitative estimate of drug-likeness (QED) is 0.714. The van der Waals surface area contributed by atoms with Gasteiger partial charge in [0.15, 0.2) is 0 Å². The molecule has 0 radical (unpaired) electrons. The van der Waals surface area contributed by atoms with Gasteiger partial charge in [-0.1, -0.05) is 6.07 Å². The van der Waals surface area contributed by atoms with Crippen molar-refractivity contribution in [3.63, 3.8) is 0 Å². The number of nitrogens with zero attached hydrogens (tertiary/aromatic N) is 5. The molecule has 0 amide bonds. The number of anilines is 1. The van der Waals surface area contributed by atoms with E-state index in [-0.39, 0.29) is 5.97 Å². The van der Waals surface area contributed by atoms with Gasteiger partial charge in [-0.05, 0) is 68.3 Å². The van der Waals surface area contributed by atoms with Crippen molar-refractivity contribution in [3.8, 4) is 6.07 Å². The summed E-state index contributed by atoms with van der Waals surface area (Å²) in [7, 11) is 0. The molecule has 1 spiro atoms. The Hall–Kier alpha value is -3.02. The first-order valence-corrected chi connectivity index (χ1v) is 11.6. The van der Waals surface area contributed by atoms with Crippen LogP contribution in [0.15, 0.2) is 24.5 Å². The molecule has 1 aromatic carbocycles. The molecule has 2 fully saturated rings. The number of benzene rings is 1. The minimum atomic E-state index is -0.574. The molecule has 5 rings (SSSR count). The summed E-state index contributed by atoms with van der Waals surface area (Å²) in [6, 6.07) is 5.72. The van der Waals surface area contributed by atoms with Crippen LogP contribution in [0.25, 0.3) is 0 Å². The van der Waals surface area contributed by atoms with Crippen LogP contribution in [0.3, 0.4) is 0 Å². The maximum absolute atomic E-state index is 11.8. The minimum Gasteiger partial charge on any atom is -0.457 e. The lowest BCUT2D eigenvalue weighted by molar-refractivity contribution is 0.0446. The fourth-order valence-corrected chi connectivity index (χ4v) is 5.50. The second-order valence-electron chi connectivity index (χ2n) is 9.57. The standard InChI is InChI=1S/C25H29N5O3/c1-17-19(2-3-20-21(17)16-33-23(20)32)22(31)15-29-8-4-25(5-9-29)6-10-30(11-7-25)24-27-13-18(12-26)14-28-24/h2-3,13-14,22,31H,4-11,15-16H2,1H3/t22-/m0/s1. The highest BCUT2D eigenvalue weighted by Gasteiger charge is 2.38. The number of aliphatic hydroxyl groups excluding tert-OH is 1. The van der Waals surface area contributed by atoms with E-state index in [2.05, 4.69) is 25.8 Å². The summed E-state index contributed by atoms with van der Waals surface area (Å²) in [5.74, 6) is 0.438. The van der Waals surface area contributed by atoms with E-state index in [1.807, 2.05) is 13.0 Å². The number of aliphatic hydroxyl groups is 1.